The third-order valence-corrected chi connectivity index (χ3v) is 4.94. The van der Waals surface area contributed by atoms with Gasteiger partial charge < -0.3 is 15.2 Å². The van der Waals surface area contributed by atoms with Gasteiger partial charge in [0.25, 0.3) is 17.1 Å². The van der Waals surface area contributed by atoms with E-state index in [0.717, 1.165) is 16.7 Å². The van der Waals surface area contributed by atoms with Gasteiger partial charge >= 0.3 is 0 Å². The van der Waals surface area contributed by atoms with E-state index in [1.54, 1.807) is 48.5 Å². The second kappa shape index (κ2) is 9.02. The van der Waals surface area contributed by atoms with Gasteiger partial charge in [0, 0.05) is 5.02 Å². The van der Waals surface area contributed by atoms with E-state index >= 15 is 0 Å². The second-order valence-electron chi connectivity index (χ2n) is 5.89. The summed E-state index contributed by atoms with van der Waals surface area (Å²) in [5.41, 5.74) is 6.19. The highest BCUT2D eigenvalue weighted by atomic mass is 35.5. The number of carbonyl (C=O) groups excluding carboxylic acids is 3. The standard InChI is InChI=1S/C20H17ClN2O5S/c1-2-27-16-9-12(3-8-15(16)28-11-18(22)24)10-17-19(25)23(20(26)29-17)14-6-4-13(21)5-7-14/h3-10H,2,11H2,1H3,(H2,22,24)/b17-10+. The Hall–Kier alpha value is -2.97. The topological polar surface area (TPSA) is 98.9 Å². The smallest absolute Gasteiger partial charge is 0.298 e. The van der Waals surface area contributed by atoms with Crippen LogP contribution in [0.2, 0.25) is 5.02 Å². The number of thioether (sulfide) groups is 1. The van der Waals surface area contributed by atoms with E-state index in [2.05, 4.69) is 0 Å². The van der Waals surface area contributed by atoms with Gasteiger partial charge in [-0.15, -0.1) is 0 Å². The van der Waals surface area contributed by atoms with Crippen molar-refractivity contribution >= 4 is 52.2 Å². The molecule has 0 saturated carbocycles. The summed E-state index contributed by atoms with van der Waals surface area (Å²) < 4.78 is 10.9. The summed E-state index contributed by atoms with van der Waals surface area (Å²) in [6, 6.07) is 11.4. The number of rotatable bonds is 7. The Kier molecular flexibility index (Phi) is 6.46. The van der Waals surface area contributed by atoms with Crippen LogP contribution in [0.5, 0.6) is 11.5 Å². The van der Waals surface area contributed by atoms with Crippen molar-refractivity contribution in [1.82, 2.24) is 0 Å². The fourth-order valence-corrected chi connectivity index (χ4v) is 3.55. The molecule has 2 N–H and O–H groups in total. The van der Waals surface area contributed by atoms with Gasteiger partial charge in [-0.3, -0.25) is 14.4 Å². The average Bonchev–Trinajstić information content (AvgIpc) is 2.95. The third-order valence-electron chi connectivity index (χ3n) is 3.81. The molecule has 1 fully saturated rings. The highest BCUT2D eigenvalue weighted by molar-refractivity contribution is 8.19. The van der Waals surface area contributed by atoms with E-state index in [1.807, 2.05) is 6.92 Å². The van der Waals surface area contributed by atoms with Crippen LogP contribution in [-0.4, -0.2) is 30.3 Å². The molecule has 0 spiro atoms. The summed E-state index contributed by atoms with van der Waals surface area (Å²) >= 11 is 6.71. The first-order valence-electron chi connectivity index (χ1n) is 8.60. The maximum absolute atomic E-state index is 12.7. The van der Waals surface area contributed by atoms with Crippen LogP contribution in [0, 0.1) is 0 Å². The van der Waals surface area contributed by atoms with E-state index in [9.17, 15) is 14.4 Å². The zero-order valence-corrected chi connectivity index (χ0v) is 17.0. The molecule has 1 aliphatic rings. The number of nitrogens with zero attached hydrogens (tertiary/aromatic N) is 1. The first kappa shape index (κ1) is 20.8. The van der Waals surface area contributed by atoms with Gasteiger partial charge in [-0.25, -0.2) is 4.90 Å². The lowest BCUT2D eigenvalue weighted by molar-refractivity contribution is -0.120. The number of halogens is 1. The lowest BCUT2D eigenvalue weighted by Crippen LogP contribution is -2.27. The Morgan fingerprint density at radius 1 is 1.14 bits per heavy atom. The summed E-state index contributed by atoms with van der Waals surface area (Å²) in [6.45, 7) is 1.91. The van der Waals surface area contributed by atoms with Crippen molar-refractivity contribution in [3.63, 3.8) is 0 Å². The van der Waals surface area contributed by atoms with E-state index < -0.39 is 17.1 Å². The van der Waals surface area contributed by atoms with Gasteiger partial charge in [0.2, 0.25) is 0 Å². The van der Waals surface area contributed by atoms with Crippen molar-refractivity contribution in [3.05, 3.63) is 58.0 Å². The van der Waals surface area contributed by atoms with E-state index in [1.165, 1.54) is 0 Å². The van der Waals surface area contributed by atoms with Crippen molar-refractivity contribution in [2.75, 3.05) is 18.1 Å². The second-order valence-corrected chi connectivity index (χ2v) is 7.32. The molecule has 0 bridgehead atoms. The molecule has 9 heteroatoms. The maximum atomic E-state index is 12.7. The van der Waals surface area contributed by atoms with Crippen LogP contribution < -0.4 is 20.1 Å². The Labute approximate surface area is 176 Å². The zero-order chi connectivity index (χ0) is 21.0. The van der Waals surface area contributed by atoms with Crippen LogP contribution in [-0.2, 0) is 9.59 Å². The molecule has 0 radical (unpaired) electrons. The number of ether oxygens (including phenoxy) is 2. The van der Waals surface area contributed by atoms with Crippen LogP contribution >= 0.6 is 23.4 Å². The number of amides is 3. The SMILES string of the molecule is CCOc1cc(/C=C2/SC(=O)N(c3ccc(Cl)cc3)C2=O)ccc1OCC(N)=O. The number of hydrogen-bond acceptors (Lipinski definition) is 6. The van der Waals surface area contributed by atoms with Crippen molar-refractivity contribution in [3.8, 4) is 11.5 Å². The Bertz CT molecular complexity index is 991. The van der Waals surface area contributed by atoms with Crippen LogP contribution in [0.3, 0.4) is 0 Å². The minimum atomic E-state index is -0.604. The van der Waals surface area contributed by atoms with Gasteiger partial charge in [-0.05, 0) is 66.7 Å². The first-order valence-corrected chi connectivity index (χ1v) is 9.80. The number of primary amides is 1. The molecule has 3 amide bonds. The number of hydrogen-bond donors (Lipinski definition) is 1. The van der Waals surface area contributed by atoms with Crippen molar-refractivity contribution in [1.29, 1.82) is 0 Å². The van der Waals surface area contributed by atoms with E-state index in [4.69, 9.17) is 26.8 Å². The predicted octanol–water partition coefficient (Wildman–Crippen LogP) is 3.84. The lowest BCUT2D eigenvalue weighted by atomic mass is 10.1. The molecule has 0 aromatic heterocycles. The van der Waals surface area contributed by atoms with Gasteiger partial charge in [0.1, 0.15) is 0 Å². The van der Waals surface area contributed by atoms with Crippen molar-refractivity contribution < 1.29 is 23.9 Å². The molecular weight excluding hydrogens is 416 g/mol. The van der Waals surface area contributed by atoms with E-state index in [-0.39, 0.29) is 11.5 Å². The molecule has 2 aromatic rings. The van der Waals surface area contributed by atoms with Gasteiger partial charge in [-0.1, -0.05) is 17.7 Å². The van der Waals surface area contributed by atoms with Gasteiger partial charge in [0.05, 0.1) is 17.2 Å². The van der Waals surface area contributed by atoms with Crippen molar-refractivity contribution in [2.24, 2.45) is 5.73 Å². The Balaban J connectivity index is 1.86. The van der Waals surface area contributed by atoms with Crippen LogP contribution in [0.4, 0.5) is 10.5 Å². The summed E-state index contributed by atoms with van der Waals surface area (Å²) in [6.07, 6.45) is 1.60. The molecule has 0 atom stereocenters. The molecule has 29 heavy (non-hydrogen) atoms. The monoisotopic (exact) mass is 432 g/mol. The molecule has 0 unspecified atom stereocenters. The fraction of sp³-hybridized carbons (Fsp3) is 0.150. The number of benzene rings is 2. The highest BCUT2D eigenvalue weighted by Gasteiger charge is 2.36. The predicted molar refractivity (Wildman–Crippen MR) is 112 cm³/mol. The van der Waals surface area contributed by atoms with Crippen molar-refractivity contribution in [2.45, 2.75) is 6.92 Å². The highest BCUT2D eigenvalue weighted by Crippen LogP contribution is 2.37. The van der Waals surface area contributed by atoms with E-state index in [0.29, 0.717) is 34.4 Å². The molecule has 1 saturated heterocycles. The lowest BCUT2D eigenvalue weighted by Gasteiger charge is -2.12. The molecular formula is C20H17ClN2O5S. The van der Waals surface area contributed by atoms with Crippen LogP contribution in [0.15, 0.2) is 47.4 Å². The normalized spacial score (nSPS) is 15.1. The van der Waals surface area contributed by atoms with Crippen LogP contribution in [0.1, 0.15) is 12.5 Å². The summed E-state index contributed by atoms with van der Waals surface area (Å²) in [7, 11) is 0. The summed E-state index contributed by atoms with van der Waals surface area (Å²) in [4.78, 5) is 37.4. The largest absolute Gasteiger partial charge is 0.490 e. The molecule has 1 aliphatic heterocycles. The molecule has 0 aliphatic carbocycles. The first-order chi connectivity index (χ1) is 13.9. The Morgan fingerprint density at radius 3 is 2.52 bits per heavy atom. The molecule has 1 heterocycles. The number of nitrogens with two attached hydrogens (primary N) is 1. The Morgan fingerprint density at radius 2 is 1.86 bits per heavy atom. The zero-order valence-electron chi connectivity index (χ0n) is 15.4. The molecule has 150 valence electrons. The fourth-order valence-electron chi connectivity index (χ4n) is 2.58. The minimum Gasteiger partial charge on any atom is -0.490 e. The van der Waals surface area contributed by atoms with Gasteiger partial charge in [-0.2, -0.15) is 0 Å². The maximum Gasteiger partial charge on any atom is 0.298 e. The minimum absolute atomic E-state index is 0.276. The molecule has 2 aromatic carbocycles. The number of imide groups is 1. The number of anilines is 1. The molecule has 3 rings (SSSR count). The summed E-state index contributed by atoms with van der Waals surface area (Å²) in [5, 5.41) is 0.119. The average molecular weight is 433 g/mol. The quantitative estimate of drug-likeness (QED) is 0.667. The number of carbonyl (C=O) groups is 3. The molecule has 7 nitrogen and oxygen atoms in total. The van der Waals surface area contributed by atoms with Gasteiger partial charge in [0.15, 0.2) is 18.1 Å². The summed E-state index contributed by atoms with van der Waals surface area (Å²) in [5.74, 6) is -0.266. The van der Waals surface area contributed by atoms with Crippen LogP contribution in [0.25, 0.3) is 6.08 Å². The third kappa shape index (κ3) is 4.90.